The summed E-state index contributed by atoms with van der Waals surface area (Å²) in [5, 5.41) is 0. The molecule has 6 nitrogen and oxygen atoms in total. The number of aryl methyl sites for hydroxylation is 1. The minimum absolute atomic E-state index is 0.334. The molecule has 20 heavy (non-hydrogen) atoms. The van der Waals surface area contributed by atoms with Gasteiger partial charge in [-0.25, -0.2) is 14.8 Å². The van der Waals surface area contributed by atoms with Crippen LogP contribution in [0.5, 0.6) is 0 Å². The fraction of sp³-hybridized carbons (Fsp3) is 0.214. The Hall–Kier alpha value is -2.63. The van der Waals surface area contributed by atoms with Crippen LogP contribution in [0.4, 0.5) is 5.69 Å². The predicted molar refractivity (Wildman–Crippen MR) is 76.2 cm³/mol. The number of ether oxygens (including phenoxy) is 1. The summed E-state index contributed by atoms with van der Waals surface area (Å²) < 4.78 is 6.60. The highest BCUT2D eigenvalue weighted by molar-refractivity contribution is 5.87. The van der Waals surface area contributed by atoms with E-state index in [0.717, 1.165) is 5.69 Å². The SMILES string of the molecule is CCOC(=O)/C=C/c1nc(-n2cnc(C)c2)ccc1N. The van der Waals surface area contributed by atoms with Crippen LogP contribution < -0.4 is 5.73 Å². The van der Waals surface area contributed by atoms with Crippen LogP contribution in [0.2, 0.25) is 0 Å². The van der Waals surface area contributed by atoms with Crippen molar-refractivity contribution in [3.63, 3.8) is 0 Å². The van der Waals surface area contributed by atoms with Crippen molar-refractivity contribution in [2.24, 2.45) is 0 Å². The van der Waals surface area contributed by atoms with Gasteiger partial charge in [-0.05, 0) is 32.1 Å². The lowest BCUT2D eigenvalue weighted by molar-refractivity contribution is -0.137. The highest BCUT2D eigenvalue weighted by Gasteiger charge is 2.04. The first-order chi connectivity index (χ1) is 9.60. The van der Waals surface area contributed by atoms with Gasteiger partial charge in [-0.2, -0.15) is 0 Å². The number of imidazole rings is 1. The fourth-order valence-electron chi connectivity index (χ4n) is 1.64. The first-order valence-electron chi connectivity index (χ1n) is 6.22. The molecule has 0 fully saturated rings. The van der Waals surface area contributed by atoms with Crippen molar-refractivity contribution in [2.75, 3.05) is 12.3 Å². The molecule has 0 radical (unpaired) electrons. The number of nitrogens with zero attached hydrogens (tertiary/aromatic N) is 3. The van der Waals surface area contributed by atoms with Crippen molar-refractivity contribution in [1.29, 1.82) is 0 Å². The molecule has 0 aliphatic carbocycles. The molecule has 6 heteroatoms. The Balaban J connectivity index is 2.27. The monoisotopic (exact) mass is 272 g/mol. The van der Waals surface area contributed by atoms with Gasteiger partial charge in [0.25, 0.3) is 0 Å². The third-order valence-corrected chi connectivity index (χ3v) is 2.58. The van der Waals surface area contributed by atoms with Crippen molar-refractivity contribution < 1.29 is 9.53 Å². The molecular weight excluding hydrogens is 256 g/mol. The highest BCUT2D eigenvalue weighted by atomic mass is 16.5. The maximum absolute atomic E-state index is 11.3. The summed E-state index contributed by atoms with van der Waals surface area (Å²) in [5.41, 5.74) is 7.75. The van der Waals surface area contributed by atoms with E-state index >= 15 is 0 Å². The van der Waals surface area contributed by atoms with E-state index < -0.39 is 5.97 Å². The number of hydrogen-bond acceptors (Lipinski definition) is 5. The molecule has 0 aliphatic heterocycles. The van der Waals surface area contributed by atoms with Crippen LogP contribution >= 0.6 is 0 Å². The Labute approximate surface area is 116 Å². The van der Waals surface area contributed by atoms with E-state index in [2.05, 4.69) is 9.97 Å². The third kappa shape index (κ3) is 3.23. The van der Waals surface area contributed by atoms with E-state index in [-0.39, 0.29) is 0 Å². The molecule has 0 bridgehead atoms. The zero-order chi connectivity index (χ0) is 14.5. The lowest BCUT2D eigenvalue weighted by Crippen LogP contribution is -2.01. The molecule has 0 amide bonds. The molecule has 0 atom stereocenters. The standard InChI is InChI=1S/C14H16N4O2/c1-3-20-14(19)7-5-12-11(15)4-6-13(17-12)18-8-10(2)16-9-18/h4-9H,3,15H2,1-2H3/b7-5+. The zero-order valence-corrected chi connectivity index (χ0v) is 11.4. The molecule has 2 heterocycles. The van der Waals surface area contributed by atoms with Crippen molar-refractivity contribution in [3.05, 3.63) is 42.1 Å². The number of carbonyl (C=O) groups excluding carboxylic acids is 1. The Bertz CT molecular complexity index is 646. The Morgan fingerprint density at radius 1 is 1.50 bits per heavy atom. The normalized spacial score (nSPS) is 10.9. The number of anilines is 1. The van der Waals surface area contributed by atoms with E-state index in [9.17, 15) is 4.79 Å². The zero-order valence-electron chi connectivity index (χ0n) is 11.4. The molecule has 0 aliphatic rings. The topological polar surface area (TPSA) is 83.0 Å². The van der Waals surface area contributed by atoms with E-state index in [0.29, 0.717) is 23.8 Å². The lowest BCUT2D eigenvalue weighted by Gasteiger charge is -2.05. The summed E-state index contributed by atoms with van der Waals surface area (Å²) >= 11 is 0. The molecule has 104 valence electrons. The molecule has 2 rings (SSSR count). The minimum Gasteiger partial charge on any atom is -0.463 e. The number of hydrogen-bond donors (Lipinski definition) is 1. The number of esters is 1. The van der Waals surface area contributed by atoms with Crippen molar-refractivity contribution in [3.8, 4) is 5.82 Å². The molecule has 2 N–H and O–H groups in total. The van der Waals surface area contributed by atoms with Gasteiger partial charge in [0, 0.05) is 12.3 Å². The molecule has 0 unspecified atom stereocenters. The smallest absolute Gasteiger partial charge is 0.330 e. The van der Waals surface area contributed by atoms with Gasteiger partial charge in [0.15, 0.2) is 0 Å². The molecular formula is C14H16N4O2. The Morgan fingerprint density at radius 3 is 2.95 bits per heavy atom. The van der Waals surface area contributed by atoms with Gasteiger partial charge < -0.3 is 10.5 Å². The number of carbonyl (C=O) groups is 1. The van der Waals surface area contributed by atoms with Gasteiger partial charge in [-0.1, -0.05) is 0 Å². The number of pyridine rings is 1. The van der Waals surface area contributed by atoms with Crippen LogP contribution in [0.1, 0.15) is 18.3 Å². The summed E-state index contributed by atoms with van der Waals surface area (Å²) in [4.78, 5) is 19.8. The summed E-state index contributed by atoms with van der Waals surface area (Å²) in [6.07, 6.45) is 6.38. The Morgan fingerprint density at radius 2 is 2.30 bits per heavy atom. The van der Waals surface area contributed by atoms with Gasteiger partial charge in [0.05, 0.1) is 23.7 Å². The molecule has 0 aromatic carbocycles. The quantitative estimate of drug-likeness (QED) is 0.677. The number of nitrogens with two attached hydrogens (primary N) is 1. The first kappa shape index (κ1) is 13.8. The second-order valence-electron chi connectivity index (χ2n) is 4.15. The summed E-state index contributed by atoms with van der Waals surface area (Å²) in [6.45, 7) is 3.98. The van der Waals surface area contributed by atoms with Crippen LogP contribution in [0, 0.1) is 6.92 Å². The summed E-state index contributed by atoms with van der Waals surface area (Å²) in [6, 6.07) is 3.53. The third-order valence-electron chi connectivity index (χ3n) is 2.58. The lowest BCUT2D eigenvalue weighted by atomic mass is 10.2. The number of rotatable bonds is 4. The minimum atomic E-state index is -0.419. The van der Waals surface area contributed by atoms with Gasteiger partial charge in [-0.15, -0.1) is 0 Å². The van der Waals surface area contributed by atoms with Crippen molar-refractivity contribution in [1.82, 2.24) is 14.5 Å². The second-order valence-corrected chi connectivity index (χ2v) is 4.15. The first-order valence-corrected chi connectivity index (χ1v) is 6.22. The van der Waals surface area contributed by atoms with E-state index in [1.165, 1.54) is 6.08 Å². The van der Waals surface area contributed by atoms with Crippen LogP contribution in [-0.4, -0.2) is 27.1 Å². The van der Waals surface area contributed by atoms with Crippen LogP contribution in [-0.2, 0) is 9.53 Å². The van der Waals surface area contributed by atoms with Crippen LogP contribution in [0.15, 0.2) is 30.7 Å². The molecule has 2 aromatic heterocycles. The molecule has 0 spiro atoms. The fourth-order valence-corrected chi connectivity index (χ4v) is 1.64. The summed E-state index contributed by atoms with van der Waals surface area (Å²) in [5.74, 6) is 0.265. The van der Waals surface area contributed by atoms with Gasteiger partial charge >= 0.3 is 5.97 Å². The maximum Gasteiger partial charge on any atom is 0.330 e. The van der Waals surface area contributed by atoms with Crippen molar-refractivity contribution >= 4 is 17.7 Å². The van der Waals surface area contributed by atoms with Gasteiger partial charge in [0.2, 0.25) is 0 Å². The second kappa shape index (κ2) is 6.01. The number of nitrogen functional groups attached to an aromatic ring is 1. The van der Waals surface area contributed by atoms with Crippen LogP contribution in [0.3, 0.4) is 0 Å². The maximum atomic E-state index is 11.3. The van der Waals surface area contributed by atoms with E-state index in [1.54, 1.807) is 36.0 Å². The van der Waals surface area contributed by atoms with Crippen LogP contribution in [0.25, 0.3) is 11.9 Å². The molecule has 0 saturated carbocycles. The van der Waals surface area contributed by atoms with Gasteiger partial charge in [0.1, 0.15) is 12.1 Å². The molecule has 0 saturated heterocycles. The number of aromatic nitrogens is 3. The molecule has 2 aromatic rings. The average Bonchev–Trinajstić information content (AvgIpc) is 2.85. The Kier molecular flexibility index (Phi) is 4.14. The highest BCUT2D eigenvalue weighted by Crippen LogP contribution is 2.15. The largest absolute Gasteiger partial charge is 0.463 e. The predicted octanol–water partition coefficient (Wildman–Crippen LogP) is 1.73. The average molecular weight is 272 g/mol. The van der Waals surface area contributed by atoms with Gasteiger partial charge in [-0.3, -0.25) is 4.57 Å². The van der Waals surface area contributed by atoms with E-state index in [1.807, 2.05) is 13.1 Å². The van der Waals surface area contributed by atoms with Crippen molar-refractivity contribution in [2.45, 2.75) is 13.8 Å². The van der Waals surface area contributed by atoms with E-state index in [4.69, 9.17) is 10.5 Å². The summed E-state index contributed by atoms with van der Waals surface area (Å²) in [7, 11) is 0.